The van der Waals surface area contributed by atoms with Crippen LogP contribution in [0.2, 0.25) is 0 Å². The van der Waals surface area contributed by atoms with Crippen LogP contribution in [0, 0.1) is 13.8 Å². The molecule has 0 saturated heterocycles. The Hall–Kier alpha value is -2.14. The highest BCUT2D eigenvalue weighted by molar-refractivity contribution is 7.08. The molecule has 0 spiro atoms. The van der Waals surface area contributed by atoms with Crippen molar-refractivity contribution in [1.82, 2.24) is 0 Å². The van der Waals surface area contributed by atoms with Crippen molar-refractivity contribution < 1.29 is 14.7 Å². The molecule has 4 nitrogen and oxygen atoms in total. The van der Waals surface area contributed by atoms with Crippen LogP contribution in [0.15, 0.2) is 29.0 Å². The molecule has 2 N–H and O–H groups in total. The van der Waals surface area contributed by atoms with Gasteiger partial charge in [-0.25, -0.2) is 4.79 Å². The predicted octanol–water partition coefficient (Wildman–Crippen LogP) is 3.32. The smallest absolute Gasteiger partial charge is 0.337 e. The highest BCUT2D eigenvalue weighted by atomic mass is 32.1. The fraction of sp³-hybridized carbons (Fsp3) is 0.143. The van der Waals surface area contributed by atoms with Gasteiger partial charge >= 0.3 is 5.97 Å². The molecule has 19 heavy (non-hydrogen) atoms. The van der Waals surface area contributed by atoms with E-state index >= 15 is 0 Å². The Labute approximate surface area is 114 Å². The van der Waals surface area contributed by atoms with Crippen LogP contribution < -0.4 is 5.32 Å². The molecule has 0 bridgehead atoms. The van der Waals surface area contributed by atoms with Gasteiger partial charge in [-0.15, -0.1) is 0 Å². The number of hydrogen-bond donors (Lipinski definition) is 2. The lowest BCUT2D eigenvalue weighted by Gasteiger charge is -2.09. The minimum Gasteiger partial charge on any atom is -0.478 e. The number of nitrogens with one attached hydrogen (secondary N) is 1. The molecule has 0 aliphatic carbocycles. The van der Waals surface area contributed by atoms with Gasteiger partial charge in [0.1, 0.15) is 0 Å². The van der Waals surface area contributed by atoms with E-state index in [1.165, 1.54) is 11.3 Å². The number of amides is 1. The van der Waals surface area contributed by atoms with Crippen molar-refractivity contribution in [3.8, 4) is 0 Å². The molecule has 98 valence electrons. The summed E-state index contributed by atoms with van der Waals surface area (Å²) in [7, 11) is 0. The minimum atomic E-state index is -1.05. The van der Waals surface area contributed by atoms with E-state index in [9.17, 15) is 9.59 Å². The second kappa shape index (κ2) is 5.24. The molecule has 0 atom stereocenters. The van der Waals surface area contributed by atoms with Crippen LogP contribution in [0.5, 0.6) is 0 Å². The molecule has 0 saturated carbocycles. The number of benzene rings is 1. The summed E-state index contributed by atoms with van der Waals surface area (Å²) in [4.78, 5) is 23.2. The van der Waals surface area contributed by atoms with Gasteiger partial charge in [0.2, 0.25) is 0 Å². The molecule has 0 radical (unpaired) electrons. The van der Waals surface area contributed by atoms with Crippen molar-refractivity contribution in [2.24, 2.45) is 0 Å². The van der Waals surface area contributed by atoms with Crippen LogP contribution in [0.4, 0.5) is 5.69 Å². The zero-order valence-corrected chi connectivity index (χ0v) is 11.4. The molecule has 0 fully saturated rings. The minimum absolute atomic E-state index is 0.0984. The quantitative estimate of drug-likeness (QED) is 0.903. The van der Waals surface area contributed by atoms with Gasteiger partial charge in [0.15, 0.2) is 0 Å². The number of carboxylic acids is 1. The van der Waals surface area contributed by atoms with Crippen molar-refractivity contribution in [3.63, 3.8) is 0 Å². The molecule has 1 aromatic carbocycles. The topological polar surface area (TPSA) is 66.4 Å². The Morgan fingerprint density at radius 1 is 1.16 bits per heavy atom. The van der Waals surface area contributed by atoms with Crippen LogP contribution in [0.25, 0.3) is 0 Å². The average molecular weight is 275 g/mol. The molecular weight excluding hydrogens is 262 g/mol. The highest BCUT2D eigenvalue weighted by Crippen LogP contribution is 2.20. The zero-order valence-electron chi connectivity index (χ0n) is 10.6. The van der Waals surface area contributed by atoms with E-state index in [-0.39, 0.29) is 11.5 Å². The normalized spacial score (nSPS) is 10.2. The first-order valence-corrected chi connectivity index (χ1v) is 6.61. The fourth-order valence-electron chi connectivity index (χ4n) is 1.73. The third-order valence-corrected chi connectivity index (χ3v) is 3.62. The van der Waals surface area contributed by atoms with Gasteiger partial charge in [-0.05, 0) is 36.9 Å². The number of carbonyl (C=O) groups is 2. The summed E-state index contributed by atoms with van der Waals surface area (Å²) in [5.74, 6) is -1.34. The summed E-state index contributed by atoms with van der Waals surface area (Å²) in [6, 6.07) is 4.92. The largest absolute Gasteiger partial charge is 0.478 e. The number of aromatic carboxylic acids is 1. The summed E-state index contributed by atoms with van der Waals surface area (Å²) in [6.07, 6.45) is 0. The molecule has 0 aliphatic heterocycles. The Kier molecular flexibility index (Phi) is 3.66. The second-order valence-electron chi connectivity index (χ2n) is 4.28. The standard InChI is InChI=1S/C14H13NO3S/c1-8-3-4-12(10(5-8)14(17)18)15-13(16)11-7-19-6-9(11)2/h3-7H,1-2H3,(H,15,16)(H,17,18). The summed E-state index contributed by atoms with van der Waals surface area (Å²) in [6.45, 7) is 3.65. The van der Waals surface area contributed by atoms with Crippen molar-refractivity contribution >= 4 is 28.9 Å². The van der Waals surface area contributed by atoms with Crippen molar-refractivity contribution in [2.75, 3.05) is 5.32 Å². The van der Waals surface area contributed by atoms with Crippen LogP contribution in [-0.2, 0) is 0 Å². The molecule has 2 aromatic rings. The Morgan fingerprint density at radius 2 is 1.89 bits per heavy atom. The second-order valence-corrected chi connectivity index (χ2v) is 5.02. The number of hydrogen-bond acceptors (Lipinski definition) is 3. The number of anilines is 1. The van der Waals surface area contributed by atoms with E-state index < -0.39 is 5.97 Å². The summed E-state index contributed by atoms with van der Waals surface area (Å²) >= 11 is 1.44. The molecule has 1 amide bonds. The first-order valence-electron chi connectivity index (χ1n) is 5.67. The lowest BCUT2D eigenvalue weighted by Crippen LogP contribution is -2.15. The monoisotopic (exact) mass is 275 g/mol. The molecule has 1 aromatic heterocycles. The Balaban J connectivity index is 2.32. The van der Waals surface area contributed by atoms with Crippen molar-refractivity contribution in [3.05, 3.63) is 51.2 Å². The third kappa shape index (κ3) is 2.82. The van der Waals surface area contributed by atoms with E-state index in [1.54, 1.807) is 30.5 Å². The molecule has 0 aliphatic rings. The van der Waals surface area contributed by atoms with Gasteiger partial charge < -0.3 is 10.4 Å². The van der Waals surface area contributed by atoms with Gasteiger partial charge in [0, 0.05) is 5.38 Å². The predicted molar refractivity (Wildman–Crippen MR) is 75.1 cm³/mol. The first kappa shape index (κ1) is 13.3. The molecular formula is C14H13NO3S. The molecule has 0 unspecified atom stereocenters. The Morgan fingerprint density at radius 3 is 2.47 bits per heavy atom. The van der Waals surface area contributed by atoms with Crippen LogP contribution in [0.3, 0.4) is 0 Å². The number of carbonyl (C=O) groups excluding carboxylic acids is 1. The van der Waals surface area contributed by atoms with Crippen LogP contribution in [-0.4, -0.2) is 17.0 Å². The van der Waals surface area contributed by atoms with Crippen molar-refractivity contribution in [1.29, 1.82) is 0 Å². The number of thiophene rings is 1. The fourth-order valence-corrected chi connectivity index (χ4v) is 2.55. The third-order valence-electron chi connectivity index (χ3n) is 2.75. The average Bonchev–Trinajstić information content (AvgIpc) is 2.77. The van der Waals surface area contributed by atoms with Crippen LogP contribution >= 0.6 is 11.3 Å². The van der Waals surface area contributed by atoms with E-state index in [0.29, 0.717) is 11.3 Å². The zero-order chi connectivity index (χ0) is 14.0. The lowest BCUT2D eigenvalue weighted by atomic mass is 10.1. The van der Waals surface area contributed by atoms with Gasteiger partial charge in [-0.3, -0.25) is 4.79 Å². The molecule has 2 rings (SSSR count). The first-order chi connectivity index (χ1) is 8.99. The maximum atomic E-state index is 12.1. The van der Waals surface area contributed by atoms with E-state index in [0.717, 1.165) is 11.1 Å². The SMILES string of the molecule is Cc1ccc(NC(=O)c2cscc2C)c(C(=O)O)c1. The molecule has 5 heteroatoms. The van der Waals surface area contributed by atoms with Gasteiger partial charge in [0.25, 0.3) is 5.91 Å². The van der Waals surface area contributed by atoms with E-state index in [2.05, 4.69) is 5.32 Å². The number of carboxylic acid groups (broad SMARTS) is 1. The van der Waals surface area contributed by atoms with Crippen molar-refractivity contribution in [2.45, 2.75) is 13.8 Å². The van der Waals surface area contributed by atoms with Gasteiger partial charge in [0.05, 0.1) is 16.8 Å². The Bertz CT molecular complexity index is 646. The van der Waals surface area contributed by atoms with Crippen LogP contribution in [0.1, 0.15) is 31.8 Å². The highest BCUT2D eigenvalue weighted by Gasteiger charge is 2.15. The van der Waals surface area contributed by atoms with E-state index in [4.69, 9.17) is 5.11 Å². The van der Waals surface area contributed by atoms with Gasteiger partial charge in [-0.2, -0.15) is 11.3 Å². The summed E-state index contributed by atoms with van der Waals surface area (Å²) in [5.41, 5.74) is 2.70. The van der Waals surface area contributed by atoms with Gasteiger partial charge in [-0.1, -0.05) is 11.6 Å². The molecule has 1 heterocycles. The number of rotatable bonds is 3. The maximum absolute atomic E-state index is 12.1. The maximum Gasteiger partial charge on any atom is 0.337 e. The summed E-state index contributed by atoms with van der Waals surface area (Å²) < 4.78 is 0. The number of aryl methyl sites for hydroxylation is 2. The van der Waals surface area contributed by atoms with E-state index in [1.807, 2.05) is 12.3 Å². The summed E-state index contributed by atoms with van der Waals surface area (Å²) in [5, 5.41) is 15.4. The lowest BCUT2D eigenvalue weighted by molar-refractivity contribution is 0.0698.